The molecule has 0 spiro atoms. The first-order valence-corrected chi connectivity index (χ1v) is 5.86. The zero-order valence-corrected chi connectivity index (χ0v) is 10.2. The summed E-state index contributed by atoms with van der Waals surface area (Å²) in [5.41, 5.74) is -0.104. The highest BCUT2D eigenvalue weighted by Crippen LogP contribution is 1.96. The normalized spacial score (nSPS) is 10.5. The number of hydrogen-bond donors (Lipinski definition) is 1. The molecule has 0 radical (unpaired) electrons. The van der Waals surface area contributed by atoms with Crippen molar-refractivity contribution in [3.63, 3.8) is 0 Å². The lowest BCUT2D eigenvalue weighted by Gasteiger charge is -2.07. The van der Waals surface area contributed by atoms with Crippen LogP contribution in [0.3, 0.4) is 0 Å². The average molecular weight is 249 g/mol. The van der Waals surface area contributed by atoms with Gasteiger partial charge in [0.05, 0.1) is 0 Å². The van der Waals surface area contributed by atoms with E-state index in [1.54, 1.807) is 17.0 Å². The van der Waals surface area contributed by atoms with Crippen LogP contribution in [0.1, 0.15) is 19.2 Å². The van der Waals surface area contributed by atoms with Gasteiger partial charge in [-0.1, -0.05) is 12.1 Å². The van der Waals surface area contributed by atoms with E-state index in [1.165, 1.54) is 6.39 Å². The van der Waals surface area contributed by atoms with E-state index in [-0.39, 0.29) is 5.56 Å². The molecule has 18 heavy (non-hydrogen) atoms. The number of aromatic nitrogens is 4. The van der Waals surface area contributed by atoms with Crippen LogP contribution in [0.15, 0.2) is 28.1 Å². The Morgan fingerprint density at radius 3 is 3.06 bits per heavy atom. The molecule has 0 saturated heterocycles. The second-order valence-corrected chi connectivity index (χ2v) is 3.80. The van der Waals surface area contributed by atoms with Crippen molar-refractivity contribution in [1.82, 2.24) is 19.7 Å². The number of aryl methyl sites for hydroxylation is 1. The van der Waals surface area contributed by atoms with Gasteiger partial charge in [0, 0.05) is 31.9 Å². The Hall–Kier alpha value is -2.18. The van der Waals surface area contributed by atoms with E-state index in [4.69, 9.17) is 0 Å². The van der Waals surface area contributed by atoms with E-state index in [0.717, 1.165) is 6.42 Å². The Balaban J connectivity index is 1.97. The number of rotatable bonds is 6. The van der Waals surface area contributed by atoms with Crippen molar-refractivity contribution in [2.45, 2.75) is 26.3 Å². The summed E-state index contributed by atoms with van der Waals surface area (Å²) >= 11 is 0. The van der Waals surface area contributed by atoms with Gasteiger partial charge in [-0.3, -0.25) is 4.79 Å². The highest BCUT2D eigenvalue weighted by molar-refractivity contribution is 5.30. The molecule has 0 aromatic carbocycles. The van der Waals surface area contributed by atoms with E-state index in [2.05, 4.69) is 25.0 Å². The second kappa shape index (κ2) is 5.95. The minimum Gasteiger partial charge on any atom is -0.365 e. The van der Waals surface area contributed by atoms with Gasteiger partial charge >= 0.3 is 0 Å². The van der Waals surface area contributed by atoms with E-state index >= 15 is 0 Å². The topological polar surface area (TPSA) is 85.8 Å². The third-order valence-electron chi connectivity index (χ3n) is 2.43. The van der Waals surface area contributed by atoms with Gasteiger partial charge in [-0.05, 0) is 6.42 Å². The van der Waals surface area contributed by atoms with E-state index in [1.807, 2.05) is 6.92 Å². The molecule has 0 aliphatic heterocycles. The molecule has 2 rings (SSSR count). The summed E-state index contributed by atoms with van der Waals surface area (Å²) in [7, 11) is 0. The summed E-state index contributed by atoms with van der Waals surface area (Å²) in [4.78, 5) is 19.9. The lowest BCUT2D eigenvalue weighted by molar-refractivity contribution is 0.410. The molecule has 0 unspecified atom stereocenters. The van der Waals surface area contributed by atoms with Crippen LogP contribution in [0.2, 0.25) is 0 Å². The Morgan fingerprint density at radius 1 is 1.44 bits per heavy atom. The Kier molecular flexibility index (Phi) is 4.06. The van der Waals surface area contributed by atoms with Crippen LogP contribution in [0, 0.1) is 0 Å². The summed E-state index contributed by atoms with van der Waals surface area (Å²) in [5, 5.41) is 6.67. The molecular weight excluding hydrogens is 234 g/mol. The van der Waals surface area contributed by atoms with E-state index in [0.29, 0.717) is 31.2 Å². The number of nitrogens with one attached hydrogen (secondary N) is 1. The molecule has 0 saturated carbocycles. The van der Waals surface area contributed by atoms with Crippen LogP contribution in [-0.2, 0) is 13.0 Å². The molecule has 0 bridgehead atoms. The monoisotopic (exact) mass is 249 g/mol. The van der Waals surface area contributed by atoms with Gasteiger partial charge in [-0.2, -0.15) is 4.98 Å². The average Bonchev–Trinajstić information content (AvgIpc) is 2.87. The van der Waals surface area contributed by atoms with Crippen molar-refractivity contribution < 1.29 is 4.52 Å². The third-order valence-corrected chi connectivity index (χ3v) is 2.43. The lowest BCUT2D eigenvalue weighted by atomic mass is 10.4. The van der Waals surface area contributed by atoms with E-state index in [9.17, 15) is 4.79 Å². The zero-order valence-electron chi connectivity index (χ0n) is 10.2. The van der Waals surface area contributed by atoms with Gasteiger partial charge in [0.25, 0.3) is 5.56 Å². The van der Waals surface area contributed by atoms with Crippen molar-refractivity contribution in [1.29, 1.82) is 0 Å². The minimum atomic E-state index is -0.104. The molecular formula is C11H15N5O2. The molecule has 0 aliphatic rings. The minimum absolute atomic E-state index is 0.104. The maximum Gasteiger partial charge on any atom is 0.293 e. The zero-order chi connectivity index (χ0) is 12.8. The molecule has 7 heteroatoms. The molecule has 96 valence electrons. The quantitative estimate of drug-likeness (QED) is 0.810. The first-order valence-electron chi connectivity index (χ1n) is 5.86. The van der Waals surface area contributed by atoms with Crippen molar-refractivity contribution >= 4 is 5.82 Å². The lowest BCUT2D eigenvalue weighted by Crippen LogP contribution is -2.25. The summed E-state index contributed by atoms with van der Waals surface area (Å²) in [5.74, 6) is 0.960. The van der Waals surface area contributed by atoms with Crippen LogP contribution in [0.5, 0.6) is 0 Å². The molecule has 7 nitrogen and oxygen atoms in total. The Morgan fingerprint density at radius 2 is 2.33 bits per heavy atom. The van der Waals surface area contributed by atoms with Crippen LogP contribution in [0.4, 0.5) is 5.82 Å². The SMILES string of the molecule is CCCn1ccnc(NCCc2ncon2)c1=O. The summed E-state index contributed by atoms with van der Waals surface area (Å²) in [6.07, 6.45) is 6.08. The van der Waals surface area contributed by atoms with Crippen molar-refractivity contribution in [2.75, 3.05) is 11.9 Å². The molecule has 2 aromatic rings. The Labute approximate surface area is 104 Å². The first kappa shape index (κ1) is 12.3. The number of anilines is 1. The molecule has 0 aliphatic carbocycles. The van der Waals surface area contributed by atoms with Gasteiger partial charge in [0.1, 0.15) is 0 Å². The standard InChI is InChI=1S/C11H15N5O2/c1-2-6-16-7-5-13-10(11(16)17)12-4-3-9-14-8-18-15-9/h5,7-8H,2-4,6H2,1H3,(H,12,13). The predicted octanol–water partition coefficient (Wildman–Crippen LogP) is 0.691. The maximum absolute atomic E-state index is 11.9. The summed E-state index contributed by atoms with van der Waals surface area (Å²) < 4.78 is 6.26. The van der Waals surface area contributed by atoms with Crippen molar-refractivity contribution in [3.05, 3.63) is 35.0 Å². The van der Waals surface area contributed by atoms with Gasteiger partial charge in [0.15, 0.2) is 11.6 Å². The van der Waals surface area contributed by atoms with Crippen LogP contribution < -0.4 is 10.9 Å². The number of hydrogen-bond acceptors (Lipinski definition) is 6. The van der Waals surface area contributed by atoms with Crippen LogP contribution in [0.25, 0.3) is 0 Å². The van der Waals surface area contributed by atoms with Gasteiger partial charge in [-0.25, -0.2) is 4.98 Å². The smallest absolute Gasteiger partial charge is 0.293 e. The summed E-state index contributed by atoms with van der Waals surface area (Å²) in [6.45, 7) is 3.26. The highest BCUT2D eigenvalue weighted by atomic mass is 16.5. The van der Waals surface area contributed by atoms with Crippen LogP contribution in [-0.4, -0.2) is 26.2 Å². The Bertz CT molecular complexity index is 535. The molecule has 1 N–H and O–H groups in total. The molecule has 0 fully saturated rings. The van der Waals surface area contributed by atoms with Gasteiger partial charge in [-0.15, -0.1) is 0 Å². The fourth-order valence-corrected chi connectivity index (χ4v) is 1.58. The maximum atomic E-state index is 11.9. The van der Waals surface area contributed by atoms with Crippen molar-refractivity contribution in [2.24, 2.45) is 0 Å². The summed E-state index contributed by atoms with van der Waals surface area (Å²) in [6, 6.07) is 0. The molecule has 0 amide bonds. The fourth-order valence-electron chi connectivity index (χ4n) is 1.58. The van der Waals surface area contributed by atoms with Crippen molar-refractivity contribution in [3.8, 4) is 0 Å². The predicted molar refractivity (Wildman–Crippen MR) is 65.3 cm³/mol. The number of nitrogens with zero attached hydrogens (tertiary/aromatic N) is 4. The molecule has 2 aromatic heterocycles. The highest BCUT2D eigenvalue weighted by Gasteiger charge is 2.04. The third kappa shape index (κ3) is 2.93. The fraction of sp³-hybridized carbons (Fsp3) is 0.455. The van der Waals surface area contributed by atoms with E-state index < -0.39 is 0 Å². The molecule has 2 heterocycles. The molecule has 0 atom stereocenters. The van der Waals surface area contributed by atoms with Gasteiger partial charge in [0.2, 0.25) is 6.39 Å². The largest absolute Gasteiger partial charge is 0.365 e. The van der Waals surface area contributed by atoms with Crippen LogP contribution >= 0.6 is 0 Å². The second-order valence-electron chi connectivity index (χ2n) is 3.80. The van der Waals surface area contributed by atoms with Gasteiger partial charge < -0.3 is 14.4 Å². The first-order chi connectivity index (χ1) is 8.81.